The van der Waals surface area contributed by atoms with Gasteiger partial charge in [-0.05, 0) is 43.7 Å². The quantitative estimate of drug-likeness (QED) is 0.723. The molecule has 104 valence electrons. The van der Waals surface area contributed by atoms with Crippen LogP contribution in [-0.2, 0) is 8.98 Å². The van der Waals surface area contributed by atoms with Crippen LogP contribution in [0.5, 0.6) is 0 Å². The zero-order valence-corrected chi connectivity index (χ0v) is 12.7. The van der Waals surface area contributed by atoms with Crippen LogP contribution in [0.2, 0.25) is 5.02 Å². The van der Waals surface area contributed by atoms with Crippen molar-refractivity contribution in [3.63, 3.8) is 0 Å². The van der Waals surface area contributed by atoms with Gasteiger partial charge in [0.1, 0.15) is 0 Å². The summed E-state index contributed by atoms with van der Waals surface area (Å²) in [6.07, 6.45) is 5.43. The summed E-state index contributed by atoms with van der Waals surface area (Å²) < 4.78 is 5.31. The van der Waals surface area contributed by atoms with E-state index in [0.29, 0.717) is 5.02 Å². The summed E-state index contributed by atoms with van der Waals surface area (Å²) in [4.78, 5) is 12.8. The lowest BCUT2D eigenvalue weighted by Gasteiger charge is -2.25. The maximum Gasteiger partial charge on any atom is 0.321 e. The summed E-state index contributed by atoms with van der Waals surface area (Å²) in [5.41, 5.74) is 0. The third-order valence-electron chi connectivity index (χ3n) is 3.81. The van der Waals surface area contributed by atoms with Crippen molar-refractivity contribution >= 4 is 29.6 Å². The Morgan fingerprint density at radius 3 is 2.63 bits per heavy atom. The highest BCUT2D eigenvalue weighted by Crippen LogP contribution is 2.34. The van der Waals surface area contributed by atoms with E-state index >= 15 is 0 Å². The van der Waals surface area contributed by atoms with Crippen LogP contribution in [0.3, 0.4) is 0 Å². The van der Waals surface area contributed by atoms with Crippen LogP contribution in [0.15, 0.2) is 29.2 Å². The van der Waals surface area contributed by atoms with E-state index < -0.39 is 0 Å². The Labute approximate surface area is 124 Å². The third kappa shape index (κ3) is 4.15. The van der Waals surface area contributed by atoms with Gasteiger partial charge in [0.15, 0.2) is 0 Å². The van der Waals surface area contributed by atoms with Gasteiger partial charge >= 0.3 is 5.97 Å². The van der Waals surface area contributed by atoms with E-state index in [1.807, 2.05) is 18.2 Å². The molecule has 0 saturated heterocycles. The Bertz CT molecular complexity index is 428. The molecule has 0 unspecified atom stereocenters. The van der Waals surface area contributed by atoms with Crippen LogP contribution in [0.25, 0.3) is 0 Å². The van der Waals surface area contributed by atoms with Crippen molar-refractivity contribution in [3.05, 3.63) is 29.3 Å². The molecule has 2 nitrogen and oxygen atoms in total. The topological polar surface area (TPSA) is 26.3 Å². The van der Waals surface area contributed by atoms with Crippen molar-refractivity contribution in [1.29, 1.82) is 0 Å². The second kappa shape index (κ2) is 7.20. The molecule has 1 fully saturated rings. The van der Waals surface area contributed by atoms with Crippen LogP contribution in [0.1, 0.15) is 39.0 Å². The van der Waals surface area contributed by atoms with Gasteiger partial charge in [0.25, 0.3) is 0 Å². The predicted octanol–water partition coefficient (Wildman–Crippen LogP) is 5.11. The normalized spacial score (nSPS) is 23.1. The van der Waals surface area contributed by atoms with Gasteiger partial charge in [-0.15, -0.1) is 0 Å². The number of carbonyl (C=O) groups is 1. The maximum absolute atomic E-state index is 12.0. The van der Waals surface area contributed by atoms with E-state index in [1.165, 1.54) is 6.42 Å². The number of benzene rings is 1. The summed E-state index contributed by atoms with van der Waals surface area (Å²) in [6.45, 7) is 2.22. The zero-order chi connectivity index (χ0) is 13.7. The summed E-state index contributed by atoms with van der Waals surface area (Å²) in [7, 11) is 0. The maximum atomic E-state index is 12.0. The average Bonchev–Trinajstić information content (AvgIpc) is 2.46. The SMILES string of the molecule is CCC1CCC(C(=O)OSc2ccccc2Cl)CC1. The van der Waals surface area contributed by atoms with Crippen LogP contribution in [-0.4, -0.2) is 5.97 Å². The van der Waals surface area contributed by atoms with Gasteiger partial charge in [0.05, 0.1) is 27.9 Å². The minimum Gasteiger partial charge on any atom is -0.386 e. The summed E-state index contributed by atoms with van der Waals surface area (Å²) >= 11 is 7.09. The fourth-order valence-corrected chi connectivity index (χ4v) is 3.29. The first kappa shape index (κ1) is 14.7. The Hall–Kier alpha value is -0.670. The molecule has 1 aromatic rings. The fraction of sp³-hybridized carbons (Fsp3) is 0.533. The van der Waals surface area contributed by atoms with Gasteiger partial charge in [0.2, 0.25) is 0 Å². The molecular formula is C15H19ClO2S. The van der Waals surface area contributed by atoms with Crippen LogP contribution in [0.4, 0.5) is 0 Å². The van der Waals surface area contributed by atoms with Gasteiger partial charge in [-0.25, -0.2) is 0 Å². The molecule has 0 aromatic heterocycles. The van der Waals surface area contributed by atoms with E-state index in [0.717, 1.165) is 48.5 Å². The summed E-state index contributed by atoms with van der Waals surface area (Å²) in [6, 6.07) is 7.40. The molecule has 4 heteroatoms. The van der Waals surface area contributed by atoms with Crippen molar-refractivity contribution in [2.45, 2.75) is 43.9 Å². The number of rotatable bonds is 4. The van der Waals surface area contributed by atoms with Crippen molar-refractivity contribution in [2.75, 3.05) is 0 Å². The first-order valence-corrected chi connectivity index (χ1v) is 7.95. The molecule has 0 amide bonds. The Morgan fingerprint density at radius 2 is 2.00 bits per heavy atom. The highest BCUT2D eigenvalue weighted by atomic mass is 35.5. The van der Waals surface area contributed by atoms with Gasteiger partial charge in [0, 0.05) is 0 Å². The smallest absolute Gasteiger partial charge is 0.321 e. The molecule has 1 aliphatic carbocycles. The molecule has 0 atom stereocenters. The molecule has 1 aliphatic rings. The van der Waals surface area contributed by atoms with E-state index in [-0.39, 0.29) is 11.9 Å². The van der Waals surface area contributed by atoms with Crippen LogP contribution < -0.4 is 0 Å². The molecule has 0 aliphatic heterocycles. The van der Waals surface area contributed by atoms with Crippen LogP contribution in [0, 0.1) is 11.8 Å². The molecule has 0 spiro atoms. The number of carbonyl (C=O) groups excluding carboxylic acids is 1. The van der Waals surface area contributed by atoms with E-state index in [2.05, 4.69) is 6.92 Å². The second-order valence-electron chi connectivity index (χ2n) is 5.04. The molecule has 0 heterocycles. The third-order valence-corrected chi connectivity index (χ3v) is 5.03. The lowest BCUT2D eigenvalue weighted by Crippen LogP contribution is -2.22. The lowest BCUT2D eigenvalue weighted by atomic mass is 9.81. The number of hydrogen-bond donors (Lipinski definition) is 0. The molecule has 0 N–H and O–H groups in total. The summed E-state index contributed by atoms with van der Waals surface area (Å²) in [5, 5.41) is 0.620. The minimum atomic E-state index is -0.0977. The van der Waals surface area contributed by atoms with Gasteiger partial charge in [-0.3, -0.25) is 4.79 Å². The highest BCUT2D eigenvalue weighted by Gasteiger charge is 2.27. The van der Waals surface area contributed by atoms with Gasteiger partial charge < -0.3 is 4.18 Å². The zero-order valence-electron chi connectivity index (χ0n) is 11.1. The second-order valence-corrected chi connectivity index (χ2v) is 6.22. The minimum absolute atomic E-state index is 0.0674. The number of hydrogen-bond acceptors (Lipinski definition) is 3. The Kier molecular flexibility index (Phi) is 5.59. The Balaban J connectivity index is 1.81. The lowest BCUT2D eigenvalue weighted by molar-refractivity contribution is -0.138. The highest BCUT2D eigenvalue weighted by molar-refractivity contribution is 7.95. The molecule has 0 bridgehead atoms. The molecule has 1 aromatic carbocycles. The summed E-state index contributed by atoms with van der Waals surface area (Å²) in [5.74, 6) is 0.762. The number of halogens is 1. The predicted molar refractivity (Wildman–Crippen MR) is 79.1 cm³/mol. The van der Waals surface area contributed by atoms with Crippen molar-refractivity contribution < 1.29 is 8.98 Å². The standard InChI is InChI=1S/C15H19ClO2S/c1-2-11-7-9-12(10-8-11)15(17)18-19-14-6-4-3-5-13(14)16/h3-6,11-12H,2,7-10H2,1H3. The average molecular weight is 299 g/mol. The van der Waals surface area contributed by atoms with Gasteiger partial charge in [-0.2, -0.15) is 0 Å². The first-order valence-electron chi connectivity index (χ1n) is 6.83. The first-order chi connectivity index (χ1) is 9.20. The molecule has 2 rings (SSSR count). The largest absolute Gasteiger partial charge is 0.386 e. The van der Waals surface area contributed by atoms with E-state index in [1.54, 1.807) is 6.07 Å². The van der Waals surface area contributed by atoms with E-state index in [9.17, 15) is 4.79 Å². The van der Waals surface area contributed by atoms with Crippen molar-refractivity contribution in [2.24, 2.45) is 11.8 Å². The van der Waals surface area contributed by atoms with Gasteiger partial charge in [-0.1, -0.05) is 37.1 Å². The van der Waals surface area contributed by atoms with Crippen molar-refractivity contribution in [1.82, 2.24) is 0 Å². The molecule has 19 heavy (non-hydrogen) atoms. The molecular weight excluding hydrogens is 280 g/mol. The van der Waals surface area contributed by atoms with Crippen molar-refractivity contribution in [3.8, 4) is 0 Å². The van der Waals surface area contributed by atoms with Crippen LogP contribution >= 0.6 is 23.6 Å². The molecule has 1 saturated carbocycles. The Morgan fingerprint density at radius 1 is 1.32 bits per heavy atom. The monoisotopic (exact) mass is 298 g/mol. The fourth-order valence-electron chi connectivity index (χ4n) is 2.47. The molecule has 0 radical (unpaired) electrons. The van der Waals surface area contributed by atoms with E-state index in [4.69, 9.17) is 15.8 Å².